The number of aliphatic carboxylic acids is 1. The van der Waals surface area contributed by atoms with Gasteiger partial charge in [0.2, 0.25) is 0 Å². The predicted octanol–water partition coefficient (Wildman–Crippen LogP) is 3.17. The number of amides is 2. The Labute approximate surface area is 205 Å². The van der Waals surface area contributed by atoms with Crippen molar-refractivity contribution in [3.63, 3.8) is 0 Å². The molecule has 0 aliphatic carbocycles. The van der Waals surface area contributed by atoms with E-state index in [2.05, 4.69) is 56.7 Å². The summed E-state index contributed by atoms with van der Waals surface area (Å²) in [6.45, 7) is 2.63. The number of nitrogens with one attached hydrogen (secondary N) is 2. The number of carbonyl (C=O) groups is 2. The van der Waals surface area contributed by atoms with Crippen molar-refractivity contribution >= 4 is 12.0 Å². The lowest BCUT2D eigenvalue weighted by Gasteiger charge is -2.39. The number of carboxylic acids is 1. The van der Waals surface area contributed by atoms with Crippen LogP contribution in [0.5, 0.6) is 0 Å². The van der Waals surface area contributed by atoms with Gasteiger partial charge in [-0.05, 0) is 19.0 Å². The number of hydrogen-bond acceptors (Lipinski definition) is 5. The third-order valence-corrected chi connectivity index (χ3v) is 5.59. The standard InChI is InChI=1S/C22H26N6O.C2HF3O2/c1-27-12-13-28(16-19(27)14-17-8-4-2-5-9-17)22(29)23-15-20-24-21(26-25-20)18-10-6-3-7-11-18;3-2(4,5)1(6)7/h2-11,19H,12-16H2,1H3,(H,23,29)(H,24,25,26);(H,6,7). The third-order valence-electron chi connectivity index (χ3n) is 5.59. The summed E-state index contributed by atoms with van der Waals surface area (Å²) < 4.78 is 31.7. The molecule has 9 nitrogen and oxygen atoms in total. The van der Waals surface area contributed by atoms with Gasteiger partial charge in [-0.3, -0.25) is 10.00 Å². The molecule has 0 saturated carbocycles. The Morgan fingerprint density at radius 3 is 2.31 bits per heavy atom. The number of piperazine rings is 1. The lowest BCUT2D eigenvalue weighted by Crippen LogP contribution is -2.56. The lowest BCUT2D eigenvalue weighted by molar-refractivity contribution is -0.192. The van der Waals surface area contributed by atoms with Crippen LogP contribution in [0.4, 0.5) is 18.0 Å². The minimum Gasteiger partial charge on any atom is -0.475 e. The van der Waals surface area contributed by atoms with Crippen LogP contribution >= 0.6 is 0 Å². The van der Waals surface area contributed by atoms with E-state index in [1.165, 1.54) is 5.56 Å². The fourth-order valence-electron chi connectivity index (χ4n) is 3.60. The Kier molecular flexibility index (Phi) is 9.01. The molecule has 1 unspecified atom stereocenters. The highest BCUT2D eigenvalue weighted by atomic mass is 19.4. The number of rotatable bonds is 5. The number of benzene rings is 2. The number of hydrogen-bond donors (Lipinski definition) is 3. The first-order valence-corrected chi connectivity index (χ1v) is 11.2. The van der Waals surface area contributed by atoms with Crippen LogP contribution in [0.2, 0.25) is 0 Å². The first-order valence-electron chi connectivity index (χ1n) is 11.2. The highest BCUT2D eigenvalue weighted by molar-refractivity contribution is 5.74. The molecule has 12 heteroatoms. The number of urea groups is 1. The van der Waals surface area contributed by atoms with Crippen molar-refractivity contribution in [1.29, 1.82) is 0 Å². The fraction of sp³-hybridized carbons (Fsp3) is 0.333. The summed E-state index contributed by atoms with van der Waals surface area (Å²) in [6.07, 6.45) is -4.15. The zero-order chi connectivity index (χ0) is 26.1. The quantitative estimate of drug-likeness (QED) is 0.492. The second kappa shape index (κ2) is 12.2. The molecule has 3 N–H and O–H groups in total. The van der Waals surface area contributed by atoms with Crippen molar-refractivity contribution in [2.24, 2.45) is 0 Å². The Hall–Kier alpha value is -3.93. The number of carbonyl (C=O) groups excluding carboxylic acids is 1. The Morgan fingerprint density at radius 2 is 1.69 bits per heavy atom. The summed E-state index contributed by atoms with van der Waals surface area (Å²) >= 11 is 0. The van der Waals surface area contributed by atoms with Crippen LogP contribution < -0.4 is 5.32 Å². The smallest absolute Gasteiger partial charge is 0.475 e. The molecule has 2 heterocycles. The minimum absolute atomic E-state index is 0.0613. The summed E-state index contributed by atoms with van der Waals surface area (Å²) in [4.78, 5) is 30.3. The molecule has 1 fully saturated rings. The summed E-state index contributed by atoms with van der Waals surface area (Å²) in [7, 11) is 2.13. The predicted molar refractivity (Wildman–Crippen MR) is 126 cm³/mol. The molecular weight excluding hydrogens is 477 g/mol. The maximum absolute atomic E-state index is 12.7. The molecule has 3 aromatic rings. The topological polar surface area (TPSA) is 114 Å². The third kappa shape index (κ3) is 7.80. The van der Waals surface area contributed by atoms with E-state index < -0.39 is 12.1 Å². The van der Waals surface area contributed by atoms with E-state index in [1.54, 1.807) is 0 Å². The fourth-order valence-corrected chi connectivity index (χ4v) is 3.60. The molecule has 2 aromatic carbocycles. The van der Waals surface area contributed by atoms with Crippen LogP contribution in [0, 0.1) is 0 Å². The van der Waals surface area contributed by atoms with Crippen molar-refractivity contribution in [3.8, 4) is 11.4 Å². The van der Waals surface area contributed by atoms with Gasteiger partial charge >= 0.3 is 18.2 Å². The van der Waals surface area contributed by atoms with Gasteiger partial charge in [-0.2, -0.15) is 18.3 Å². The molecule has 192 valence electrons. The van der Waals surface area contributed by atoms with E-state index >= 15 is 0 Å². The minimum atomic E-state index is -5.08. The van der Waals surface area contributed by atoms with Gasteiger partial charge in [0, 0.05) is 31.2 Å². The van der Waals surface area contributed by atoms with Crippen LogP contribution in [0.3, 0.4) is 0 Å². The highest BCUT2D eigenvalue weighted by Crippen LogP contribution is 2.15. The molecule has 36 heavy (non-hydrogen) atoms. The number of aromatic nitrogens is 3. The van der Waals surface area contributed by atoms with Crippen molar-refractivity contribution in [3.05, 3.63) is 72.1 Å². The molecule has 1 atom stereocenters. The molecule has 4 rings (SSSR count). The van der Waals surface area contributed by atoms with Gasteiger partial charge in [0.05, 0.1) is 6.54 Å². The van der Waals surface area contributed by atoms with Gasteiger partial charge < -0.3 is 15.3 Å². The highest BCUT2D eigenvalue weighted by Gasteiger charge is 2.38. The molecule has 1 aliphatic rings. The zero-order valence-corrected chi connectivity index (χ0v) is 19.6. The number of halogens is 3. The van der Waals surface area contributed by atoms with Gasteiger partial charge in [0.1, 0.15) is 5.82 Å². The maximum Gasteiger partial charge on any atom is 0.490 e. The number of carboxylic acid groups (broad SMARTS) is 1. The first-order chi connectivity index (χ1) is 17.1. The van der Waals surface area contributed by atoms with Crippen LogP contribution in [0.15, 0.2) is 60.7 Å². The van der Waals surface area contributed by atoms with Crippen molar-refractivity contribution in [2.45, 2.75) is 25.2 Å². The molecule has 1 aromatic heterocycles. The average molecular weight is 505 g/mol. The number of H-pyrrole nitrogens is 1. The molecule has 0 bridgehead atoms. The normalized spacial score (nSPS) is 16.1. The summed E-state index contributed by atoms with van der Waals surface area (Å²) in [5.41, 5.74) is 2.24. The number of likely N-dealkylation sites (N-methyl/N-ethyl adjacent to an activating group) is 1. The van der Waals surface area contributed by atoms with Crippen LogP contribution in [-0.4, -0.2) is 81.0 Å². The molecular formula is C24H27F3N6O3. The Bertz CT molecular complexity index is 1120. The number of nitrogens with zero attached hydrogens (tertiary/aromatic N) is 4. The molecule has 1 aliphatic heterocycles. The second-order valence-electron chi connectivity index (χ2n) is 8.20. The second-order valence-corrected chi connectivity index (χ2v) is 8.20. The number of aromatic amines is 1. The van der Waals surface area contributed by atoms with Gasteiger partial charge in [-0.1, -0.05) is 60.7 Å². The number of alkyl halides is 3. The van der Waals surface area contributed by atoms with Crippen molar-refractivity contribution in [1.82, 2.24) is 30.3 Å². The van der Waals surface area contributed by atoms with E-state index in [1.807, 2.05) is 41.3 Å². The van der Waals surface area contributed by atoms with Crippen LogP contribution in [-0.2, 0) is 17.8 Å². The average Bonchev–Trinajstić information content (AvgIpc) is 3.34. The van der Waals surface area contributed by atoms with E-state index in [-0.39, 0.29) is 6.03 Å². The first kappa shape index (κ1) is 26.7. The lowest BCUT2D eigenvalue weighted by atomic mass is 10.0. The summed E-state index contributed by atoms with van der Waals surface area (Å²) in [6, 6.07) is 20.5. The van der Waals surface area contributed by atoms with Gasteiger partial charge in [0.25, 0.3) is 0 Å². The van der Waals surface area contributed by atoms with E-state index in [0.717, 1.165) is 25.1 Å². The molecule has 0 radical (unpaired) electrons. The Balaban J connectivity index is 0.000000454. The monoisotopic (exact) mass is 504 g/mol. The largest absolute Gasteiger partial charge is 0.490 e. The van der Waals surface area contributed by atoms with Crippen LogP contribution in [0.1, 0.15) is 11.4 Å². The summed E-state index contributed by atoms with van der Waals surface area (Å²) in [5, 5.41) is 17.2. The van der Waals surface area contributed by atoms with Gasteiger partial charge in [-0.25, -0.2) is 14.6 Å². The van der Waals surface area contributed by atoms with Crippen LogP contribution in [0.25, 0.3) is 11.4 Å². The molecule has 0 spiro atoms. The van der Waals surface area contributed by atoms with E-state index in [0.29, 0.717) is 30.8 Å². The van der Waals surface area contributed by atoms with E-state index in [4.69, 9.17) is 9.90 Å². The van der Waals surface area contributed by atoms with Gasteiger partial charge in [0.15, 0.2) is 5.82 Å². The zero-order valence-electron chi connectivity index (χ0n) is 19.6. The summed E-state index contributed by atoms with van der Waals surface area (Å²) in [5.74, 6) is -1.47. The molecule has 2 amide bonds. The van der Waals surface area contributed by atoms with Crippen molar-refractivity contribution < 1.29 is 27.9 Å². The van der Waals surface area contributed by atoms with Crippen molar-refractivity contribution in [2.75, 3.05) is 26.7 Å². The maximum atomic E-state index is 12.7. The Morgan fingerprint density at radius 1 is 1.08 bits per heavy atom. The van der Waals surface area contributed by atoms with Gasteiger partial charge in [-0.15, -0.1) is 0 Å². The SMILES string of the molecule is CN1CCN(C(=O)NCc2nc(-c3ccccc3)n[nH]2)CC1Cc1ccccc1.O=C(O)C(F)(F)F. The van der Waals surface area contributed by atoms with E-state index in [9.17, 15) is 18.0 Å². The molecule has 1 saturated heterocycles.